The number of morpholine rings is 1. The molecule has 2 unspecified atom stereocenters. The molecule has 3 aromatic rings. The van der Waals surface area contributed by atoms with Gasteiger partial charge < -0.3 is 28.6 Å². The lowest BCUT2D eigenvalue weighted by atomic mass is 9.86. The van der Waals surface area contributed by atoms with Crippen molar-refractivity contribution in [2.75, 3.05) is 51.9 Å². The molecule has 5 rings (SSSR count). The van der Waals surface area contributed by atoms with E-state index in [1.165, 1.54) is 47.4 Å². The van der Waals surface area contributed by atoms with Crippen LogP contribution >= 0.6 is 0 Å². The number of methoxy groups -OCH3 is 1. The SMILES string of the molecule is COc1c(C2C(C)C(=O)N2CC(=O)N2CCOCC2)nn(C(=O)c2ccoc2)c1N(C)Cc1ccc(F)cc1. The summed E-state index contributed by atoms with van der Waals surface area (Å²) < 4.78 is 30.9. The quantitative estimate of drug-likeness (QED) is 0.401. The molecule has 0 aliphatic carbocycles. The van der Waals surface area contributed by atoms with Crippen LogP contribution in [0.4, 0.5) is 10.2 Å². The van der Waals surface area contributed by atoms with E-state index in [9.17, 15) is 18.8 Å². The van der Waals surface area contributed by atoms with E-state index in [4.69, 9.17) is 13.9 Å². The second-order valence-electron chi connectivity index (χ2n) is 9.65. The lowest BCUT2D eigenvalue weighted by Crippen LogP contribution is -2.57. The third kappa shape index (κ3) is 4.99. The second-order valence-corrected chi connectivity index (χ2v) is 9.65. The van der Waals surface area contributed by atoms with Crippen molar-refractivity contribution in [1.82, 2.24) is 19.6 Å². The molecule has 0 bridgehead atoms. The van der Waals surface area contributed by atoms with Crippen LogP contribution in [0.3, 0.4) is 0 Å². The highest BCUT2D eigenvalue weighted by molar-refractivity contribution is 5.98. The highest BCUT2D eigenvalue weighted by atomic mass is 19.1. The lowest BCUT2D eigenvalue weighted by Gasteiger charge is -2.45. The predicted molar refractivity (Wildman–Crippen MR) is 137 cm³/mol. The van der Waals surface area contributed by atoms with Gasteiger partial charge in [-0.3, -0.25) is 14.4 Å². The van der Waals surface area contributed by atoms with Gasteiger partial charge in [-0.1, -0.05) is 19.1 Å². The number of nitrogens with zero attached hydrogens (tertiary/aromatic N) is 5. The van der Waals surface area contributed by atoms with Crippen molar-refractivity contribution in [1.29, 1.82) is 0 Å². The fourth-order valence-electron chi connectivity index (χ4n) is 5.06. The zero-order valence-corrected chi connectivity index (χ0v) is 22.0. The summed E-state index contributed by atoms with van der Waals surface area (Å²) in [6.07, 6.45) is 2.71. The van der Waals surface area contributed by atoms with E-state index in [0.29, 0.717) is 50.1 Å². The molecule has 2 aliphatic heterocycles. The fraction of sp³-hybridized carbons (Fsp3) is 0.407. The number of β-lactam (4-membered cyclic amide) rings is 1. The first-order valence-corrected chi connectivity index (χ1v) is 12.7. The lowest BCUT2D eigenvalue weighted by molar-refractivity contribution is -0.161. The van der Waals surface area contributed by atoms with Crippen molar-refractivity contribution in [3.63, 3.8) is 0 Å². The number of furan rings is 1. The van der Waals surface area contributed by atoms with E-state index in [1.54, 1.807) is 35.9 Å². The molecule has 206 valence electrons. The molecule has 12 heteroatoms. The van der Waals surface area contributed by atoms with Crippen molar-refractivity contribution < 1.29 is 32.7 Å². The average molecular weight is 540 g/mol. The first-order valence-electron chi connectivity index (χ1n) is 12.7. The van der Waals surface area contributed by atoms with Crippen LogP contribution in [0.25, 0.3) is 0 Å². The van der Waals surface area contributed by atoms with Gasteiger partial charge in [0.2, 0.25) is 11.8 Å². The number of hydrogen-bond acceptors (Lipinski definition) is 8. The molecule has 39 heavy (non-hydrogen) atoms. The van der Waals surface area contributed by atoms with Crippen LogP contribution in [0.15, 0.2) is 47.3 Å². The van der Waals surface area contributed by atoms with E-state index >= 15 is 0 Å². The van der Waals surface area contributed by atoms with E-state index in [1.807, 2.05) is 0 Å². The Morgan fingerprint density at radius 1 is 1.18 bits per heavy atom. The summed E-state index contributed by atoms with van der Waals surface area (Å²) in [5.41, 5.74) is 1.45. The maximum atomic E-state index is 13.5. The monoisotopic (exact) mass is 539 g/mol. The van der Waals surface area contributed by atoms with E-state index in [0.717, 1.165) is 5.56 Å². The second kappa shape index (κ2) is 10.9. The maximum absolute atomic E-state index is 13.5. The first-order chi connectivity index (χ1) is 18.8. The minimum atomic E-state index is -0.575. The number of anilines is 1. The Bertz CT molecular complexity index is 1350. The zero-order valence-electron chi connectivity index (χ0n) is 22.0. The van der Waals surface area contributed by atoms with E-state index < -0.39 is 17.9 Å². The third-order valence-corrected chi connectivity index (χ3v) is 7.13. The number of halogens is 1. The molecule has 2 aromatic heterocycles. The number of amides is 2. The van der Waals surface area contributed by atoms with Crippen molar-refractivity contribution in [3.8, 4) is 5.75 Å². The van der Waals surface area contributed by atoms with Crippen molar-refractivity contribution in [2.45, 2.75) is 19.5 Å². The average Bonchev–Trinajstić information content (AvgIpc) is 3.62. The van der Waals surface area contributed by atoms with Gasteiger partial charge in [-0.25, -0.2) is 4.39 Å². The molecule has 2 fully saturated rings. The van der Waals surface area contributed by atoms with Crippen LogP contribution < -0.4 is 9.64 Å². The Balaban J connectivity index is 1.51. The maximum Gasteiger partial charge on any atom is 0.283 e. The molecular weight excluding hydrogens is 509 g/mol. The third-order valence-electron chi connectivity index (χ3n) is 7.13. The van der Waals surface area contributed by atoms with Gasteiger partial charge >= 0.3 is 0 Å². The molecule has 0 saturated carbocycles. The molecule has 2 aliphatic rings. The smallest absolute Gasteiger partial charge is 0.283 e. The van der Waals surface area contributed by atoms with Crippen molar-refractivity contribution in [3.05, 3.63) is 65.5 Å². The Morgan fingerprint density at radius 2 is 1.90 bits per heavy atom. The molecule has 2 amide bonds. The summed E-state index contributed by atoms with van der Waals surface area (Å²) in [6.45, 7) is 3.82. The van der Waals surface area contributed by atoms with Crippen molar-refractivity contribution >= 4 is 23.5 Å². The van der Waals surface area contributed by atoms with Gasteiger partial charge in [0.15, 0.2) is 11.6 Å². The van der Waals surface area contributed by atoms with E-state index in [2.05, 4.69) is 5.10 Å². The summed E-state index contributed by atoms with van der Waals surface area (Å²) in [6, 6.07) is 7.00. The number of rotatable bonds is 8. The van der Waals surface area contributed by atoms with Gasteiger partial charge in [0.25, 0.3) is 5.91 Å². The molecule has 0 radical (unpaired) electrons. The molecule has 11 nitrogen and oxygen atoms in total. The van der Waals surface area contributed by atoms with Crippen LogP contribution in [0.2, 0.25) is 0 Å². The number of carbonyl (C=O) groups excluding carboxylic acids is 3. The van der Waals surface area contributed by atoms with Crippen LogP contribution in [0, 0.1) is 11.7 Å². The summed E-state index contributed by atoms with van der Waals surface area (Å²) >= 11 is 0. The summed E-state index contributed by atoms with van der Waals surface area (Å²) in [5, 5.41) is 4.65. The van der Waals surface area contributed by atoms with Crippen molar-refractivity contribution in [2.24, 2.45) is 5.92 Å². The number of likely N-dealkylation sites (tertiary alicyclic amines) is 1. The van der Waals surface area contributed by atoms with Gasteiger partial charge in [-0.2, -0.15) is 9.78 Å². The number of benzene rings is 1. The largest absolute Gasteiger partial charge is 0.491 e. The first kappa shape index (κ1) is 26.4. The van der Waals surface area contributed by atoms with Crippen LogP contribution in [-0.4, -0.2) is 84.3 Å². The van der Waals surface area contributed by atoms with Crippen LogP contribution in [-0.2, 0) is 20.9 Å². The Labute approximate surface area is 224 Å². The number of aromatic nitrogens is 2. The number of ether oxygens (including phenoxy) is 2. The molecule has 1 aromatic carbocycles. The Morgan fingerprint density at radius 3 is 2.54 bits per heavy atom. The topological polar surface area (TPSA) is 110 Å². The Kier molecular flexibility index (Phi) is 7.38. The minimum Gasteiger partial charge on any atom is -0.491 e. The molecule has 2 atom stereocenters. The number of hydrogen-bond donors (Lipinski definition) is 0. The van der Waals surface area contributed by atoms with Crippen LogP contribution in [0.1, 0.15) is 34.6 Å². The minimum absolute atomic E-state index is 0.111. The van der Waals surface area contributed by atoms with Crippen LogP contribution in [0.5, 0.6) is 5.75 Å². The summed E-state index contributed by atoms with van der Waals surface area (Å²) in [7, 11) is 3.23. The van der Waals surface area contributed by atoms with Gasteiger partial charge in [0.1, 0.15) is 24.3 Å². The normalized spacial score (nSPS) is 19.1. The van der Waals surface area contributed by atoms with Gasteiger partial charge in [0.05, 0.1) is 44.1 Å². The molecule has 2 saturated heterocycles. The van der Waals surface area contributed by atoms with Gasteiger partial charge in [-0.05, 0) is 23.8 Å². The van der Waals surface area contributed by atoms with Gasteiger partial charge in [-0.15, -0.1) is 0 Å². The summed E-state index contributed by atoms with van der Waals surface area (Å²) in [4.78, 5) is 44.3. The Hall–Kier alpha value is -4.19. The number of carbonyl (C=O) groups is 3. The van der Waals surface area contributed by atoms with Gasteiger partial charge in [0, 0.05) is 26.7 Å². The summed E-state index contributed by atoms with van der Waals surface area (Å²) in [5.74, 6) is -0.969. The molecular formula is C27H30FN5O6. The molecule has 0 spiro atoms. The molecule has 0 N–H and O–H groups in total. The fourth-order valence-corrected chi connectivity index (χ4v) is 5.06. The highest BCUT2D eigenvalue weighted by Gasteiger charge is 2.50. The standard InChI is InChI=1S/C27H30FN5O6/c1-17-23(32(26(17)35)15-21(34)31-9-12-38-13-10-31)22-24(37-3)25(30(2)14-18-4-6-20(28)7-5-18)33(29-22)27(36)19-8-11-39-16-19/h4-8,11,16-17,23H,9-10,12-15H2,1-3H3. The highest BCUT2D eigenvalue weighted by Crippen LogP contribution is 2.46. The zero-order chi connectivity index (χ0) is 27.7. The molecule has 4 heterocycles. The predicted octanol–water partition coefficient (Wildman–Crippen LogP) is 2.33. The van der Waals surface area contributed by atoms with E-state index in [-0.39, 0.29) is 29.7 Å².